The van der Waals surface area contributed by atoms with E-state index < -0.39 is 0 Å². The number of hydrogen-bond acceptors (Lipinski definition) is 5. The van der Waals surface area contributed by atoms with Crippen molar-refractivity contribution in [3.8, 4) is 17.1 Å². The summed E-state index contributed by atoms with van der Waals surface area (Å²) in [5.41, 5.74) is 4.03. The first kappa shape index (κ1) is 16.8. The van der Waals surface area contributed by atoms with E-state index in [1.165, 1.54) is 0 Å². The highest BCUT2D eigenvalue weighted by atomic mass is 35.5. The van der Waals surface area contributed by atoms with Crippen LogP contribution in [-0.2, 0) is 0 Å². The first-order valence-corrected chi connectivity index (χ1v) is 8.69. The molecule has 3 heterocycles. The fourth-order valence-electron chi connectivity index (χ4n) is 2.92. The molecule has 132 valence electrons. The third-order valence-corrected chi connectivity index (χ3v) is 4.48. The summed E-state index contributed by atoms with van der Waals surface area (Å²) in [7, 11) is 0. The predicted molar refractivity (Wildman–Crippen MR) is 101 cm³/mol. The number of pyridine rings is 1. The molecule has 0 radical (unpaired) electrons. The molecule has 0 unspecified atom stereocenters. The van der Waals surface area contributed by atoms with Crippen molar-refractivity contribution in [3.63, 3.8) is 0 Å². The Bertz CT molecular complexity index is 1090. The molecule has 0 aliphatic rings. The minimum Gasteiger partial charge on any atom is -0.493 e. The lowest BCUT2D eigenvalue weighted by Crippen LogP contribution is -2.01. The Kier molecular flexibility index (Phi) is 4.44. The van der Waals surface area contributed by atoms with Crippen molar-refractivity contribution in [1.29, 1.82) is 0 Å². The van der Waals surface area contributed by atoms with Crippen LogP contribution in [0.15, 0.2) is 42.7 Å². The highest BCUT2D eigenvalue weighted by molar-refractivity contribution is 6.33. The number of nitrogens with zero attached hydrogens (tertiary/aromatic N) is 4. The number of ether oxygens (including phenoxy) is 1. The topological polar surface area (TPSA) is 72.5 Å². The van der Waals surface area contributed by atoms with Crippen molar-refractivity contribution in [2.75, 3.05) is 13.2 Å². The lowest BCUT2D eigenvalue weighted by molar-refractivity contribution is 0.233. The molecule has 4 rings (SSSR count). The minimum atomic E-state index is 0.0925. The molecule has 0 aliphatic carbocycles. The highest BCUT2D eigenvalue weighted by Crippen LogP contribution is 2.33. The summed E-state index contributed by atoms with van der Waals surface area (Å²) in [5.74, 6) is 1.37. The molecule has 3 aromatic heterocycles. The predicted octanol–water partition coefficient (Wildman–Crippen LogP) is 3.67. The van der Waals surface area contributed by atoms with Crippen LogP contribution in [0.25, 0.3) is 28.1 Å². The summed E-state index contributed by atoms with van der Waals surface area (Å²) in [6.07, 6.45) is 4.09. The van der Waals surface area contributed by atoms with Crippen LogP contribution < -0.4 is 4.74 Å². The first-order valence-electron chi connectivity index (χ1n) is 8.31. The van der Waals surface area contributed by atoms with Crippen LogP contribution in [0.3, 0.4) is 0 Å². The molecule has 0 amide bonds. The number of imidazole rings is 1. The number of hydrogen-bond donors (Lipinski definition) is 1. The van der Waals surface area contributed by atoms with E-state index in [2.05, 4.69) is 15.0 Å². The Morgan fingerprint density at radius 2 is 2.12 bits per heavy atom. The van der Waals surface area contributed by atoms with Crippen LogP contribution in [0, 0.1) is 6.92 Å². The lowest BCUT2D eigenvalue weighted by Gasteiger charge is -2.10. The Morgan fingerprint density at radius 3 is 2.96 bits per heavy atom. The second-order valence-corrected chi connectivity index (χ2v) is 6.32. The van der Waals surface area contributed by atoms with Gasteiger partial charge in [0.25, 0.3) is 0 Å². The van der Waals surface area contributed by atoms with Crippen LogP contribution in [0.5, 0.6) is 5.75 Å². The summed E-state index contributed by atoms with van der Waals surface area (Å²) >= 11 is 6.46. The fraction of sp³-hybridized carbons (Fsp3) is 0.211. The van der Waals surface area contributed by atoms with Gasteiger partial charge < -0.3 is 9.84 Å². The summed E-state index contributed by atoms with van der Waals surface area (Å²) in [6.45, 7) is 2.48. The Balaban J connectivity index is 1.91. The molecule has 1 aromatic carbocycles. The zero-order valence-corrected chi connectivity index (χ0v) is 14.9. The van der Waals surface area contributed by atoms with Crippen LogP contribution in [0.4, 0.5) is 0 Å². The van der Waals surface area contributed by atoms with Crippen LogP contribution >= 0.6 is 11.6 Å². The first-order chi connectivity index (χ1) is 12.7. The largest absolute Gasteiger partial charge is 0.493 e. The SMILES string of the molecule is Cc1nc2cccnc2n2c(-c3cc(OCCCO)ccc3Cl)ncc12. The zero-order valence-electron chi connectivity index (χ0n) is 14.2. The van der Waals surface area contributed by atoms with Gasteiger partial charge >= 0.3 is 0 Å². The maximum atomic E-state index is 8.91. The number of fused-ring (bicyclic) bond motifs is 3. The van der Waals surface area contributed by atoms with E-state index in [0.29, 0.717) is 29.6 Å². The molecule has 1 N–H and O–H groups in total. The van der Waals surface area contributed by atoms with Gasteiger partial charge in [0.05, 0.1) is 29.0 Å². The molecule has 6 nitrogen and oxygen atoms in total. The van der Waals surface area contributed by atoms with E-state index in [0.717, 1.165) is 27.9 Å². The lowest BCUT2D eigenvalue weighted by atomic mass is 10.2. The quantitative estimate of drug-likeness (QED) is 0.544. The van der Waals surface area contributed by atoms with Gasteiger partial charge in [-0.15, -0.1) is 0 Å². The zero-order chi connectivity index (χ0) is 18.1. The van der Waals surface area contributed by atoms with E-state index in [4.69, 9.17) is 21.4 Å². The van der Waals surface area contributed by atoms with Crippen molar-refractivity contribution < 1.29 is 9.84 Å². The fourth-order valence-corrected chi connectivity index (χ4v) is 3.12. The maximum absolute atomic E-state index is 8.91. The van der Waals surface area contributed by atoms with Crippen LogP contribution in [0.2, 0.25) is 5.02 Å². The standard InChI is InChI=1S/C19H17ClN4O2/c1-12-17-11-22-18(24(17)19-16(23-12)4-2-7-21-19)14-10-13(5-6-15(14)20)26-9-3-8-25/h2,4-7,10-11,25H,3,8-9H2,1H3. The monoisotopic (exact) mass is 368 g/mol. The maximum Gasteiger partial charge on any atom is 0.164 e. The summed E-state index contributed by atoms with van der Waals surface area (Å²) in [5, 5.41) is 9.49. The molecule has 0 bridgehead atoms. The summed E-state index contributed by atoms with van der Waals surface area (Å²) < 4.78 is 7.65. The Labute approximate surface area is 155 Å². The molecule has 0 saturated carbocycles. The van der Waals surface area contributed by atoms with E-state index in [-0.39, 0.29) is 6.61 Å². The number of benzene rings is 1. The van der Waals surface area contributed by atoms with Gasteiger partial charge in [0.1, 0.15) is 17.1 Å². The van der Waals surface area contributed by atoms with Gasteiger partial charge in [-0.2, -0.15) is 0 Å². The van der Waals surface area contributed by atoms with Crippen molar-refractivity contribution in [2.24, 2.45) is 0 Å². The normalized spacial score (nSPS) is 11.3. The molecular formula is C19H17ClN4O2. The van der Waals surface area contributed by atoms with E-state index >= 15 is 0 Å². The van der Waals surface area contributed by atoms with Crippen molar-refractivity contribution in [1.82, 2.24) is 19.4 Å². The molecule has 0 spiro atoms. The molecule has 0 aliphatic heterocycles. The second-order valence-electron chi connectivity index (χ2n) is 5.91. The molecule has 26 heavy (non-hydrogen) atoms. The van der Waals surface area contributed by atoms with E-state index in [9.17, 15) is 0 Å². The molecular weight excluding hydrogens is 352 g/mol. The molecule has 0 atom stereocenters. The number of rotatable bonds is 5. The number of halogens is 1. The Hall–Kier alpha value is -2.70. The van der Waals surface area contributed by atoms with Crippen molar-refractivity contribution in [2.45, 2.75) is 13.3 Å². The van der Waals surface area contributed by atoms with Gasteiger partial charge in [0.2, 0.25) is 0 Å². The van der Waals surface area contributed by atoms with Gasteiger partial charge in [-0.1, -0.05) is 11.6 Å². The molecule has 4 aromatic rings. The summed E-state index contributed by atoms with van der Waals surface area (Å²) in [4.78, 5) is 13.7. The van der Waals surface area contributed by atoms with E-state index in [1.807, 2.05) is 35.6 Å². The third-order valence-electron chi connectivity index (χ3n) is 4.15. The number of aromatic nitrogens is 4. The minimum absolute atomic E-state index is 0.0925. The van der Waals surface area contributed by atoms with Crippen LogP contribution in [0.1, 0.15) is 12.1 Å². The number of aliphatic hydroxyl groups excluding tert-OH is 1. The summed E-state index contributed by atoms with van der Waals surface area (Å²) in [6, 6.07) is 9.24. The van der Waals surface area contributed by atoms with Crippen molar-refractivity contribution >= 4 is 28.3 Å². The van der Waals surface area contributed by atoms with Gasteiger partial charge in [0, 0.05) is 24.8 Å². The second kappa shape index (κ2) is 6.90. The van der Waals surface area contributed by atoms with E-state index in [1.54, 1.807) is 18.5 Å². The molecule has 0 saturated heterocycles. The Morgan fingerprint density at radius 1 is 1.23 bits per heavy atom. The average Bonchev–Trinajstić information content (AvgIpc) is 3.09. The smallest absolute Gasteiger partial charge is 0.164 e. The highest BCUT2D eigenvalue weighted by Gasteiger charge is 2.16. The average molecular weight is 369 g/mol. The number of aliphatic hydroxyl groups is 1. The van der Waals surface area contributed by atoms with Gasteiger partial charge in [-0.25, -0.2) is 15.0 Å². The van der Waals surface area contributed by atoms with Gasteiger partial charge in [0.15, 0.2) is 5.65 Å². The molecule has 0 fully saturated rings. The number of aryl methyl sites for hydroxylation is 1. The molecule has 7 heteroatoms. The van der Waals surface area contributed by atoms with Crippen LogP contribution in [-0.4, -0.2) is 37.7 Å². The third kappa shape index (κ3) is 2.87. The van der Waals surface area contributed by atoms with Gasteiger partial charge in [-0.05, 0) is 37.3 Å². The van der Waals surface area contributed by atoms with Gasteiger partial charge in [-0.3, -0.25) is 4.40 Å². The van der Waals surface area contributed by atoms with Crippen molar-refractivity contribution in [3.05, 3.63) is 53.4 Å².